The van der Waals surface area contributed by atoms with Crippen LogP contribution in [-0.2, 0) is 14.3 Å². The van der Waals surface area contributed by atoms with Crippen molar-refractivity contribution in [3.05, 3.63) is 42.1 Å². The van der Waals surface area contributed by atoms with Crippen molar-refractivity contribution in [3.63, 3.8) is 0 Å². The van der Waals surface area contributed by atoms with Crippen LogP contribution in [0.2, 0.25) is 0 Å². The fourth-order valence-electron chi connectivity index (χ4n) is 3.01. The Morgan fingerprint density at radius 1 is 1.17 bits per heavy atom. The van der Waals surface area contributed by atoms with E-state index in [1.54, 1.807) is 17.9 Å². The molecule has 2 heterocycles. The van der Waals surface area contributed by atoms with E-state index in [4.69, 9.17) is 9.26 Å². The summed E-state index contributed by atoms with van der Waals surface area (Å²) in [6.45, 7) is 4.11. The van der Waals surface area contributed by atoms with Gasteiger partial charge in [0.25, 0.3) is 5.91 Å². The molecular formula is C20H24N4O5. The van der Waals surface area contributed by atoms with E-state index in [0.717, 1.165) is 5.69 Å². The first-order valence-corrected chi connectivity index (χ1v) is 9.48. The van der Waals surface area contributed by atoms with Crippen LogP contribution in [0.3, 0.4) is 0 Å². The van der Waals surface area contributed by atoms with Crippen molar-refractivity contribution in [2.45, 2.75) is 32.8 Å². The Bertz CT molecular complexity index is 859. The molecule has 1 atom stereocenters. The summed E-state index contributed by atoms with van der Waals surface area (Å²) < 4.78 is 10.2. The van der Waals surface area contributed by atoms with Crippen molar-refractivity contribution >= 4 is 29.5 Å². The van der Waals surface area contributed by atoms with E-state index in [1.807, 2.05) is 30.3 Å². The second-order valence-corrected chi connectivity index (χ2v) is 6.96. The molecule has 9 heteroatoms. The van der Waals surface area contributed by atoms with Gasteiger partial charge in [0.2, 0.25) is 5.88 Å². The number of nitrogens with one attached hydrogen (secondary N) is 2. The standard InChI is InChI=1S/C20H24N4O5/c1-13-12-17(29-23-13)22-18(25)14(2)28-19(26)15-8-10-24(11-9-15)20(27)21-16-6-4-3-5-7-16/h3-7,12,14-15H,8-11H2,1-2H3,(H,21,27)(H,22,25). The van der Waals surface area contributed by atoms with Crippen molar-refractivity contribution in [2.75, 3.05) is 23.7 Å². The summed E-state index contributed by atoms with van der Waals surface area (Å²) in [5.74, 6) is -1.08. The second kappa shape index (κ2) is 9.22. The van der Waals surface area contributed by atoms with Gasteiger partial charge in [-0.1, -0.05) is 23.4 Å². The van der Waals surface area contributed by atoms with Crippen LogP contribution in [0.1, 0.15) is 25.5 Å². The van der Waals surface area contributed by atoms with Gasteiger partial charge in [-0.25, -0.2) is 4.79 Å². The summed E-state index contributed by atoms with van der Waals surface area (Å²) in [5, 5.41) is 9.02. The number of amides is 3. The number of esters is 1. The Morgan fingerprint density at radius 3 is 2.48 bits per heavy atom. The molecular weight excluding hydrogens is 376 g/mol. The number of rotatable bonds is 5. The number of para-hydroxylation sites is 1. The Kier molecular flexibility index (Phi) is 6.48. The van der Waals surface area contributed by atoms with Gasteiger partial charge in [-0.2, -0.15) is 0 Å². The van der Waals surface area contributed by atoms with Crippen molar-refractivity contribution in [3.8, 4) is 0 Å². The largest absolute Gasteiger partial charge is 0.452 e. The SMILES string of the molecule is Cc1cc(NC(=O)C(C)OC(=O)C2CCN(C(=O)Nc3ccccc3)CC2)on1. The van der Waals surface area contributed by atoms with E-state index in [-0.39, 0.29) is 17.8 Å². The minimum atomic E-state index is -0.965. The minimum Gasteiger partial charge on any atom is -0.452 e. The number of hydrogen-bond donors (Lipinski definition) is 2. The number of piperidine rings is 1. The third-order valence-corrected chi connectivity index (χ3v) is 4.68. The van der Waals surface area contributed by atoms with E-state index in [9.17, 15) is 14.4 Å². The van der Waals surface area contributed by atoms with Crippen molar-refractivity contribution in [1.82, 2.24) is 10.1 Å². The van der Waals surface area contributed by atoms with Crippen molar-refractivity contribution in [1.29, 1.82) is 0 Å². The van der Waals surface area contributed by atoms with E-state index in [1.165, 1.54) is 6.92 Å². The summed E-state index contributed by atoms with van der Waals surface area (Å²) in [4.78, 5) is 38.5. The number of anilines is 2. The average molecular weight is 400 g/mol. The Labute approximate surface area is 168 Å². The zero-order valence-electron chi connectivity index (χ0n) is 16.4. The smallest absolute Gasteiger partial charge is 0.321 e. The lowest BCUT2D eigenvalue weighted by molar-refractivity contribution is -0.158. The number of hydrogen-bond acceptors (Lipinski definition) is 6. The molecule has 9 nitrogen and oxygen atoms in total. The number of benzene rings is 1. The first-order valence-electron chi connectivity index (χ1n) is 9.48. The molecule has 0 radical (unpaired) electrons. The number of likely N-dealkylation sites (tertiary alicyclic amines) is 1. The van der Waals surface area contributed by atoms with Crippen molar-refractivity contribution < 1.29 is 23.6 Å². The Balaban J connectivity index is 1.43. The first kappa shape index (κ1) is 20.4. The van der Waals surface area contributed by atoms with Gasteiger partial charge >= 0.3 is 12.0 Å². The quantitative estimate of drug-likeness (QED) is 0.746. The van der Waals surface area contributed by atoms with Gasteiger partial charge in [-0.05, 0) is 38.8 Å². The van der Waals surface area contributed by atoms with Crippen LogP contribution in [0.5, 0.6) is 0 Å². The summed E-state index contributed by atoms with van der Waals surface area (Å²) >= 11 is 0. The zero-order chi connectivity index (χ0) is 20.8. The molecule has 2 N–H and O–H groups in total. The third kappa shape index (κ3) is 5.56. The fraction of sp³-hybridized carbons (Fsp3) is 0.400. The van der Waals surface area contributed by atoms with Crippen LogP contribution in [0.4, 0.5) is 16.4 Å². The van der Waals surface area contributed by atoms with E-state index < -0.39 is 18.0 Å². The maximum atomic E-state index is 12.4. The molecule has 0 aliphatic carbocycles. The molecule has 3 amide bonds. The van der Waals surface area contributed by atoms with Crippen LogP contribution in [0.25, 0.3) is 0 Å². The van der Waals surface area contributed by atoms with Crippen LogP contribution in [-0.4, -0.2) is 47.2 Å². The van der Waals surface area contributed by atoms with Gasteiger partial charge in [0.05, 0.1) is 11.6 Å². The van der Waals surface area contributed by atoms with Crippen LogP contribution in [0.15, 0.2) is 40.9 Å². The van der Waals surface area contributed by atoms with Gasteiger partial charge in [0.15, 0.2) is 6.10 Å². The molecule has 1 aliphatic heterocycles. The predicted octanol–water partition coefficient (Wildman–Crippen LogP) is 2.80. The average Bonchev–Trinajstić information content (AvgIpc) is 3.13. The molecule has 3 rings (SSSR count). The minimum absolute atomic E-state index is 0.196. The summed E-state index contributed by atoms with van der Waals surface area (Å²) in [7, 11) is 0. The van der Waals surface area contributed by atoms with Gasteiger partial charge in [-0.3, -0.25) is 14.9 Å². The molecule has 154 valence electrons. The number of carbonyl (C=O) groups is 3. The highest BCUT2D eigenvalue weighted by molar-refractivity contribution is 5.94. The van der Waals surface area contributed by atoms with Gasteiger partial charge in [-0.15, -0.1) is 0 Å². The molecule has 1 saturated heterocycles. The lowest BCUT2D eigenvalue weighted by atomic mass is 9.97. The Morgan fingerprint density at radius 2 is 1.86 bits per heavy atom. The molecule has 2 aromatic rings. The number of aromatic nitrogens is 1. The topological polar surface area (TPSA) is 114 Å². The van der Waals surface area contributed by atoms with E-state index in [0.29, 0.717) is 31.6 Å². The van der Waals surface area contributed by atoms with Crippen LogP contribution < -0.4 is 10.6 Å². The maximum Gasteiger partial charge on any atom is 0.321 e. The highest BCUT2D eigenvalue weighted by Gasteiger charge is 2.30. The predicted molar refractivity (Wildman–Crippen MR) is 105 cm³/mol. The molecule has 1 fully saturated rings. The van der Waals surface area contributed by atoms with Crippen LogP contribution >= 0.6 is 0 Å². The second-order valence-electron chi connectivity index (χ2n) is 6.96. The molecule has 1 aromatic heterocycles. The molecule has 0 saturated carbocycles. The normalized spacial score (nSPS) is 15.4. The Hall–Kier alpha value is -3.36. The van der Waals surface area contributed by atoms with Crippen molar-refractivity contribution in [2.24, 2.45) is 5.92 Å². The lowest BCUT2D eigenvalue weighted by Gasteiger charge is -2.31. The van der Waals surface area contributed by atoms with Gasteiger partial charge < -0.3 is 19.5 Å². The van der Waals surface area contributed by atoms with Crippen LogP contribution in [0, 0.1) is 12.8 Å². The third-order valence-electron chi connectivity index (χ3n) is 4.68. The molecule has 1 aliphatic rings. The molecule has 0 bridgehead atoms. The lowest BCUT2D eigenvalue weighted by Crippen LogP contribution is -2.43. The fourth-order valence-corrected chi connectivity index (χ4v) is 3.01. The number of nitrogens with zero attached hydrogens (tertiary/aromatic N) is 2. The monoisotopic (exact) mass is 400 g/mol. The number of urea groups is 1. The first-order chi connectivity index (χ1) is 13.9. The molecule has 29 heavy (non-hydrogen) atoms. The number of carbonyl (C=O) groups excluding carboxylic acids is 3. The summed E-state index contributed by atoms with van der Waals surface area (Å²) in [5.41, 5.74) is 1.36. The van der Waals surface area contributed by atoms with Gasteiger partial charge in [0, 0.05) is 24.8 Å². The summed E-state index contributed by atoms with van der Waals surface area (Å²) in [6, 6.07) is 10.6. The molecule has 0 spiro atoms. The molecule has 1 aromatic carbocycles. The highest BCUT2D eigenvalue weighted by Crippen LogP contribution is 2.20. The summed E-state index contributed by atoms with van der Waals surface area (Å²) in [6.07, 6.45) is 0.000187. The van der Waals surface area contributed by atoms with Gasteiger partial charge in [0.1, 0.15) is 0 Å². The molecule has 1 unspecified atom stereocenters. The zero-order valence-corrected chi connectivity index (χ0v) is 16.4. The van der Waals surface area contributed by atoms with E-state index >= 15 is 0 Å². The number of aryl methyl sites for hydroxylation is 1. The highest BCUT2D eigenvalue weighted by atomic mass is 16.5. The number of ether oxygens (including phenoxy) is 1. The maximum absolute atomic E-state index is 12.4. The van der Waals surface area contributed by atoms with E-state index in [2.05, 4.69) is 15.8 Å².